The maximum Gasteiger partial charge on any atom is 0.320 e. The Bertz CT molecular complexity index is 1070. The van der Waals surface area contributed by atoms with Crippen molar-refractivity contribution in [2.75, 3.05) is 13.7 Å². The molecule has 0 saturated carbocycles. The van der Waals surface area contributed by atoms with E-state index in [4.69, 9.17) is 14.5 Å². The van der Waals surface area contributed by atoms with Crippen LogP contribution in [0.2, 0.25) is 0 Å². The Morgan fingerprint density at radius 2 is 2.03 bits per heavy atom. The van der Waals surface area contributed by atoms with Gasteiger partial charge in [-0.15, -0.1) is 0 Å². The summed E-state index contributed by atoms with van der Waals surface area (Å²) in [5.41, 5.74) is 3.33. The van der Waals surface area contributed by atoms with Crippen molar-refractivity contribution in [3.63, 3.8) is 0 Å². The van der Waals surface area contributed by atoms with Crippen molar-refractivity contribution in [3.05, 3.63) is 60.7 Å². The molecular weight excluding hydrogens is 368 g/mol. The minimum Gasteiger partial charge on any atom is -0.496 e. The number of benzene rings is 2. The third kappa shape index (κ3) is 3.79. The summed E-state index contributed by atoms with van der Waals surface area (Å²) in [7, 11) is 1.61. The van der Waals surface area contributed by atoms with E-state index in [1.807, 2.05) is 48.5 Å². The number of carbonyl (C=O) groups is 1. The van der Waals surface area contributed by atoms with Crippen LogP contribution in [0.3, 0.4) is 0 Å². The van der Waals surface area contributed by atoms with E-state index in [-0.39, 0.29) is 6.10 Å². The summed E-state index contributed by atoms with van der Waals surface area (Å²) in [5, 5.41) is 13.1. The first kappa shape index (κ1) is 19.0. The fourth-order valence-electron chi connectivity index (χ4n) is 3.59. The van der Waals surface area contributed by atoms with E-state index in [0.717, 1.165) is 27.7 Å². The van der Waals surface area contributed by atoms with E-state index >= 15 is 0 Å². The second kappa shape index (κ2) is 7.93. The van der Waals surface area contributed by atoms with Crippen LogP contribution in [0.1, 0.15) is 12.0 Å². The number of nitrogens with one attached hydrogen (secondary N) is 1. The molecule has 0 aliphatic carbocycles. The van der Waals surface area contributed by atoms with E-state index in [0.29, 0.717) is 24.5 Å². The van der Waals surface area contributed by atoms with E-state index in [2.05, 4.69) is 11.9 Å². The van der Waals surface area contributed by atoms with Gasteiger partial charge in [0.25, 0.3) is 0 Å². The van der Waals surface area contributed by atoms with E-state index < -0.39 is 12.0 Å². The summed E-state index contributed by atoms with van der Waals surface area (Å²) in [6, 6.07) is 15.0. The number of pyridine rings is 1. The van der Waals surface area contributed by atoms with Crippen molar-refractivity contribution in [2.24, 2.45) is 0 Å². The van der Waals surface area contributed by atoms with Crippen LogP contribution in [-0.2, 0) is 4.79 Å². The molecule has 2 N–H and O–H groups in total. The van der Waals surface area contributed by atoms with Crippen LogP contribution in [-0.4, -0.2) is 41.9 Å². The molecule has 148 valence electrons. The van der Waals surface area contributed by atoms with Crippen LogP contribution in [0.25, 0.3) is 28.2 Å². The molecule has 0 radical (unpaired) electrons. The Balaban J connectivity index is 1.81. The first-order valence-corrected chi connectivity index (χ1v) is 9.42. The molecule has 1 saturated heterocycles. The van der Waals surface area contributed by atoms with Crippen molar-refractivity contribution < 1.29 is 19.4 Å². The Morgan fingerprint density at radius 3 is 2.69 bits per heavy atom. The largest absolute Gasteiger partial charge is 0.496 e. The van der Waals surface area contributed by atoms with Crippen molar-refractivity contribution in [2.45, 2.75) is 18.6 Å². The van der Waals surface area contributed by atoms with Crippen LogP contribution in [0.15, 0.2) is 55.1 Å². The van der Waals surface area contributed by atoms with E-state index in [1.165, 1.54) is 0 Å². The molecule has 1 aliphatic rings. The standard InChI is InChI=1S/C23H22N2O4/c1-3-14-9-17-19(12-21(14)28-2)25-18(15-7-5-4-6-8-15)11-22(17)29-16-10-20(23(26)27)24-13-16/h3-9,11-12,16,20,24H,1,10,13H2,2H3,(H,26,27)/t16?,20-/m0/s1. The van der Waals surface area contributed by atoms with Gasteiger partial charge in [-0.2, -0.15) is 0 Å². The second-order valence-electron chi connectivity index (χ2n) is 6.96. The Kier molecular flexibility index (Phi) is 5.18. The summed E-state index contributed by atoms with van der Waals surface area (Å²) in [6.45, 7) is 4.34. The topological polar surface area (TPSA) is 80.7 Å². The fourth-order valence-corrected chi connectivity index (χ4v) is 3.59. The lowest BCUT2D eigenvalue weighted by Crippen LogP contribution is -2.30. The maximum absolute atomic E-state index is 11.3. The summed E-state index contributed by atoms with van der Waals surface area (Å²) < 4.78 is 11.7. The molecule has 0 bridgehead atoms. The molecule has 1 aliphatic heterocycles. The molecule has 0 spiro atoms. The molecule has 1 aromatic heterocycles. The number of hydrogen-bond acceptors (Lipinski definition) is 5. The number of hydrogen-bond donors (Lipinski definition) is 2. The third-order valence-electron chi connectivity index (χ3n) is 5.09. The molecular formula is C23H22N2O4. The zero-order valence-electron chi connectivity index (χ0n) is 16.1. The summed E-state index contributed by atoms with van der Waals surface area (Å²) >= 11 is 0. The van der Waals surface area contributed by atoms with Gasteiger partial charge in [0.2, 0.25) is 0 Å². The van der Waals surface area contributed by atoms with Gasteiger partial charge in [-0.3, -0.25) is 4.79 Å². The van der Waals surface area contributed by atoms with Gasteiger partial charge in [-0.25, -0.2) is 4.98 Å². The summed E-state index contributed by atoms with van der Waals surface area (Å²) in [5.74, 6) is 0.487. The van der Waals surface area contributed by atoms with E-state index in [1.54, 1.807) is 13.2 Å². The molecule has 2 atom stereocenters. The molecule has 29 heavy (non-hydrogen) atoms. The number of carboxylic acids is 1. The fraction of sp³-hybridized carbons (Fsp3) is 0.217. The van der Waals surface area contributed by atoms with Gasteiger partial charge in [-0.05, 0) is 6.07 Å². The number of aromatic nitrogens is 1. The molecule has 4 rings (SSSR count). The van der Waals surface area contributed by atoms with Crippen LogP contribution >= 0.6 is 0 Å². The van der Waals surface area contributed by atoms with Gasteiger partial charge in [0, 0.05) is 41.6 Å². The first-order chi connectivity index (χ1) is 14.1. The zero-order chi connectivity index (χ0) is 20.4. The Morgan fingerprint density at radius 1 is 1.24 bits per heavy atom. The van der Waals surface area contributed by atoms with Crippen LogP contribution in [0.4, 0.5) is 0 Å². The maximum atomic E-state index is 11.3. The van der Waals surface area contributed by atoms with Gasteiger partial charge >= 0.3 is 5.97 Å². The molecule has 3 aromatic rings. The number of fused-ring (bicyclic) bond motifs is 1. The molecule has 2 aromatic carbocycles. The van der Waals surface area contributed by atoms with Crippen LogP contribution < -0.4 is 14.8 Å². The SMILES string of the molecule is C=Cc1cc2c(OC3CN[C@H](C(=O)O)C3)cc(-c3ccccc3)nc2cc1OC. The van der Waals surface area contributed by atoms with Gasteiger partial charge < -0.3 is 19.9 Å². The normalized spacial score (nSPS) is 18.5. The molecule has 2 heterocycles. The van der Waals surface area contributed by atoms with E-state index in [9.17, 15) is 9.90 Å². The van der Waals surface area contributed by atoms with Crippen molar-refractivity contribution >= 4 is 22.9 Å². The van der Waals surface area contributed by atoms with Crippen LogP contribution in [0, 0.1) is 0 Å². The third-order valence-corrected chi connectivity index (χ3v) is 5.09. The summed E-state index contributed by atoms with van der Waals surface area (Å²) in [4.78, 5) is 16.1. The van der Waals surface area contributed by atoms with Gasteiger partial charge in [0.05, 0.1) is 18.3 Å². The lowest BCUT2D eigenvalue weighted by atomic mass is 10.1. The monoisotopic (exact) mass is 390 g/mol. The summed E-state index contributed by atoms with van der Waals surface area (Å²) in [6.07, 6.45) is 1.90. The van der Waals surface area contributed by atoms with Gasteiger partial charge in [-0.1, -0.05) is 43.0 Å². The molecule has 0 amide bonds. The highest BCUT2D eigenvalue weighted by molar-refractivity contribution is 5.91. The second-order valence-corrected chi connectivity index (χ2v) is 6.96. The Labute approximate surface area is 168 Å². The number of ether oxygens (including phenoxy) is 2. The number of aliphatic carboxylic acids is 1. The number of methoxy groups -OCH3 is 1. The smallest absolute Gasteiger partial charge is 0.320 e. The first-order valence-electron chi connectivity index (χ1n) is 9.42. The quantitative estimate of drug-likeness (QED) is 0.667. The predicted molar refractivity (Wildman–Crippen MR) is 112 cm³/mol. The highest BCUT2D eigenvalue weighted by Crippen LogP contribution is 2.35. The average Bonchev–Trinajstić information content (AvgIpc) is 3.22. The van der Waals surface area contributed by atoms with Gasteiger partial charge in [0.1, 0.15) is 23.6 Å². The number of rotatable bonds is 6. The lowest BCUT2D eigenvalue weighted by molar-refractivity contribution is -0.139. The van der Waals surface area contributed by atoms with Crippen LogP contribution in [0.5, 0.6) is 11.5 Å². The zero-order valence-corrected chi connectivity index (χ0v) is 16.1. The minimum atomic E-state index is -0.862. The highest BCUT2D eigenvalue weighted by atomic mass is 16.5. The number of nitrogens with zero attached hydrogens (tertiary/aromatic N) is 1. The van der Waals surface area contributed by atoms with Gasteiger partial charge in [0.15, 0.2) is 0 Å². The molecule has 1 fully saturated rings. The van der Waals surface area contributed by atoms with Crippen molar-refractivity contribution in [1.82, 2.24) is 10.3 Å². The number of carboxylic acid groups (broad SMARTS) is 1. The predicted octanol–water partition coefficient (Wildman–Crippen LogP) is 3.75. The van der Waals surface area contributed by atoms with Crippen molar-refractivity contribution in [1.29, 1.82) is 0 Å². The molecule has 6 nitrogen and oxygen atoms in total. The Hall–Kier alpha value is -3.38. The average molecular weight is 390 g/mol. The molecule has 1 unspecified atom stereocenters. The highest BCUT2D eigenvalue weighted by Gasteiger charge is 2.31. The van der Waals surface area contributed by atoms with Crippen molar-refractivity contribution in [3.8, 4) is 22.8 Å². The lowest BCUT2D eigenvalue weighted by Gasteiger charge is -2.17. The minimum absolute atomic E-state index is 0.236. The molecule has 6 heteroatoms.